The summed E-state index contributed by atoms with van der Waals surface area (Å²) in [7, 11) is 0. The van der Waals surface area contributed by atoms with Crippen molar-refractivity contribution in [1.82, 2.24) is 10.6 Å². The Morgan fingerprint density at radius 3 is 2.56 bits per heavy atom. The molecule has 2 N–H and O–H groups in total. The molecule has 2 aromatic carbocycles. The van der Waals surface area contributed by atoms with Crippen LogP contribution in [0.3, 0.4) is 0 Å². The topological polar surface area (TPSA) is 58.2 Å². The Kier molecular flexibility index (Phi) is 5.23. The molecule has 0 fully saturated rings. The fraction of sp³-hybridized carbons (Fsp3) is 0.391. The third-order valence-corrected chi connectivity index (χ3v) is 5.72. The minimum atomic E-state index is -0.178. The number of carbonyl (C=O) groups is 2. The summed E-state index contributed by atoms with van der Waals surface area (Å²) in [5.74, 6) is -0.314. The van der Waals surface area contributed by atoms with Crippen LogP contribution in [-0.4, -0.2) is 18.4 Å². The largest absolute Gasteiger partial charge is 0.348 e. The summed E-state index contributed by atoms with van der Waals surface area (Å²) in [6.45, 7) is 0.00852. The predicted molar refractivity (Wildman–Crippen MR) is 106 cm³/mol. The number of amides is 2. The number of carbonyl (C=O) groups excluding carboxylic acids is 2. The van der Waals surface area contributed by atoms with Crippen molar-refractivity contribution in [2.75, 3.05) is 6.54 Å². The van der Waals surface area contributed by atoms with Crippen molar-refractivity contribution in [2.24, 2.45) is 0 Å². The summed E-state index contributed by atoms with van der Waals surface area (Å²) in [4.78, 5) is 24.8. The third-order valence-electron chi connectivity index (χ3n) is 5.72. The van der Waals surface area contributed by atoms with Crippen LogP contribution in [-0.2, 0) is 24.1 Å². The van der Waals surface area contributed by atoms with Gasteiger partial charge < -0.3 is 10.6 Å². The van der Waals surface area contributed by atoms with Crippen molar-refractivity contribution < 1.29 is 9.59 Å². The molecule has 0 saturated carbocycles. The van der Waals surface area contributed by atoms with Crippen LogP contribution in [0.1, 0.15) is 64.3 Å². The second-order valence-electron chi connectivity index (χ2n) is 7.58. The molecular formula is C23H26N2O2. The summed E-state index contributed by atoms with van der Waals surface area (Å²) in [5.41, 5.74) is 5.79. The summed E-state index contributed by atoms with van der Waals surface area (Å²) in [5, 5.41) is 5.85. The lowest BCUT2D eigenvalue weighted by molar-refractivity contribution is -0.121. The molecule has 0 aromatic heterocycles. The number of benzene rings is 2. The molecular weight excluding hydrogens is 336 g/mol. The first-order valence-electron chi connectivity index (χ1n) is 9.98. The Morgan fingerprint density at radius 1 is 0.889 bits per heavy atom. The number of rotatable bonds is 4. The first kappa shape index (κ1) is 17.8. The van der Waals surface area contributed by atoms with Gasteiger partial charge in [0.15, 0.2) is 0 Å². The van der Waals surface area contributed by atoms with Gasteiger partial charge in [-0.05, 0) is 79.3 Å². The van der Waals surface area contributed by atoms with Crippen LogP contribution in [0.4, 0.5) is 0 Å². The normalized spacial score (nSPS) is 18.1. The molecule has 0 radical (unpaired) electrons. The minimum Gasteiger partial charge on any atom is -0.348 e. The van der Waals surface area contributed by atoms with E-state index in [0.717, 1.165) is 32.1 Å². The number of hydrogen-bond acceptors (Lipinski definition) is 2. The van der Waals surface area contributed by atoms with Gasteiger partial charge in [-0.25, -0.2) is 0 Å². The van der Waals surface area contributed by atoms with Crippen molar-refractivity contribution in [2.45, 2.75) is 51.0 Å². The van der Waals surface area contributed by atoms with Gasteiger partial charge in [0.05, 0.1) is 12.6 Å². The molecule has 0 bridgehead atoms. The zero-order chi connectivity index (χ0) is 18.6. The average Bonchev–Trinajstić information content (AvgIpc) is 2.72. The van der Waals surface area contributed by atoms with Crippen LogP contribution in [0.2, 0.25) is 0 Å². The minimum absolute atomic E-state index is 0.00852. The van der Waals surface area contributed by atoms with E-state index in [4.69, 9.17) is 0 Å². The second-order valence-corrected chi connectivity index (χ2v) is 7.58. The van der Waals surface area contributed by atoms with Crippen LogP contribution in [0.15, 0.2) is 42.5 Å². The van der Waals surface area contributed by atoms with Crippen molar-refractivity contribution in [1.29, 1.82) is 0 Å². The highest BCUT2D eigenvalue weighted by Gasteiger charge is 2.21. The summed E-state index contributed by atoms with van der Waals surface area (Å²) >= 11 is 0. The Hall–Kier alpha value is -2.62. The van der Waals surface area contributed by atoms with E-state index >= 15 is 0 Å². The highest BCUT2D eigenvalue weighted by atomic mass is 16.2. The van der Waals surface area contributed by atoms with Gasteiger partial charge in [0.2, 0.25) is 5.91 Å². The van der Waals surface area contributed by atoms with Gasteiger partial charge in [-0.3, -0.25) is 9.59 Å². The van der Waals surface area contributed by atoms with Crippen molar-refractivity contribution in [3.8, 4) is 0 Å². The zero-order valence-corrected chi connectivity index (χ0v) is 15.6. The molecule has 4 nitrogen and oxygen atoms in total. The first-order valence-corrected chi connectivity index (χ1v) is 9.98. The Bertz CT molecular complexity index is 859. The monoisotopic (exact) mass is 362 g/mol. The quantitative estimate of drug-likeness (QED) is 0.875. The number of nitrogens with one attached hydrogen (secondary N) is 2. The zero-order valence-electron chi connectivity index (χ0n) is 15.6. The van der Waals surface area contributed by atoms with E-state index < -0.39 is 0 Å². The molecule has 2 aromatic rings. The van der Waals surface area contributed by atoms with Gasteiger partial charge in [-0.15, -0.1) is 0 Å². The van der Waals surface area contributed by atoms with Gasteiger partial charge in [0.25, 0.3) is 5.91 Å². The van der Waals surface area contributed by atoms with Crippen molar-refractivity contribution in [3.63, 3.8) is 0 Å². The SMILES string of the molecule is O=C(CNC(=O)c1ccc2c(c1)CCCC2)NC1CCCc2ccccc21. The Labute approximate surface area is 160 Å². The molecule has 0 heterocycles. The fourth-order valence-corrected chi connectivity index (χ4v) is 4.29. The molecule has 0 aliphatic heterocycles. The lowest BCUT2D eigenvalue weighted by atomic mass is 9.88. The molecule has 4 heteroatoms. The van der Waals surface area contributed by atoms with Gasteiger partial charge in [-0.2, -0.15) is 0 Å². The smallest absolute Gasteiger partial charge is 0.251 e. The highest BCUT2D eigenvalue weighted by Crippen LogP contribution is 2.29. The van der Waals surface area contributed by atoms with Crippen LogP contribution in [0.5, 0.6) is 0 Å². The molecule has 27 heavy (non-hydrogen) atoms. The maximum absolute atomic E-state index is 12.4. The molecule has 1 atom stereocenters. The summed E-state index contributed by atoms with van der Waals surface area (Å²) in [6.07, 6.45) is 7.63. The molecule has 4 rings (SSSR count). The van der Waals surface area contributed by atoms with E-state index in [2.05, 4.69) is 28.8 Å². The van der Waals surface area contributed by atoms with Crippen molar-refractivity contribution >= 4 is 11.8 Å². The highest BCUT2D eigenvalue weighted by molar-refractivity contribution is 5.96. The third kappa shape index (κ3) is 4.05. The molecule has 2 aliphatic rings. The average molecular weight is 362 g/mol. The molecule has 0 spiro atoms. The maximum Gasteiger partial charge on any atom is 0.251 e. The first-order chi connectivity index (χ1) is 13.2. The predicted octanol–water partition coefficient (Wildman–Crippen LogP) is 3.49. The van der Waals surface area contributed by atoms with E-state index in [1.165, 1.54) is 35.1 Å². The molecule has 2 aliphatic carbocycles. The maximum atomic E-state index is 12.4. The number of fused-ring (bicyclic) bond motifs is 2. The van der Waals surface area contributed by atoms with E-state index in [1.807, 2.05) is 24.3 Å². The van der Waals surface area contributed by atoms with Crippen LogP contribution < -0.4 is 10.6 Å². The summed E-state index contributed by atoms with van der Waals surface area (Å²) in [6, 6.07) is 14.2. The van der Waals surface area contributed by atoms with Crippen LogP contribution >= 0.6 is 0 Å². The lowest BCUT2D eigenvalue weighted by Gasteiger charge is -2.26. The standard InChI is InChI=1S/C23H26N2O2/c26-22(25-21-11-5-9-17-7-3-4-10-20(17)21)15-24-23(27)19-13-12-16-6-1-2-8-18(16)14-19/h3-4,7,10,12-14,21H,1-2,5-6,8-9,11,15H2,(H,24,27)(H,25,26). The Balaban J connectivity index is 1.34. The number of hydrogen-bond donors (Lipinski definition) is 2. The van der Waals surface area contributed by atoms with Gasteiger partial charge in [-0.1, -0.05) is 30.3 Å². The summed E-state index contributed by atoms with van der Waals surface area (Å²) < 4.78 is 0. The van der Waals surface area contributed by atoms with E-state index in [1.54, 1.807) is 0 Å². The van der Waals surface area contributed by atoms with Crippen LogP contribution in [0.25, 0.3) is 0 Å². The van der Waals surface area contributed by atoms with Crippen molar-refractivity contribution in [3.05, 3.63) is 70.3 Å². The molecule has 1 unspecified atom stereocenters. The van der Waals surface area contributed by atoms with Gasteiger partial charge >= 0.3 is 0 Å². The Morgan fingerprint density at radius 2 is 1.67 bits per heavy atom. The van der Waals surface area contributed by atoms with E-state index in [0.29, 0.717) is 5.56 Å². The lowest BCUT2D eigenvalue weighted by Crippen LogP contribution is -2.39. The van der Waals surface area contributed by atoms with E-state index in [-0.39, 0.29) is 24.4 Å². The van der Waals surface area contributed by atoms with Crippen LogP contribution in [0, 0.1) is 0 Å². The van der Waals surface area contributed by atoms with Gasteiger partial charge in [0.1, 0.15) is 0 Å². The molecule has 0 saturated heterocycles. The fourth-order valence-electron chi connectivity index (χ4n) is 4.29. The second kappa shape index (κ2) is 7.95. The number of aryl methyl sites for hydroxylation is 3. The molecule has 140 valence electrons. The molecule has 2 amide bonds. The van der Waals surface area contributed by atoms with Gasteiger partial charge in [0, 0.05) is 5.56 Å². The van der Waals surface area contributed by atoms with E-state index in [9.17, 15) is 9.59 Å².